The molecule has 146 valence electrons. The number of benzene rings is 1. The first-order valence-corrected chi connectivity index (χ1v) is 9.26. The summed E-state index contributed by atoms with van der Waals surface area (Å²) in [5.74, 6) is -0.621. The van der Waals surface area contributed by atoms with Gasteiger partial charge in [0.1, 0.15) is 16.6 Å². The van der Waals surface area contributed by atoms with Crippen LogP contribution in [-0.4, -0.2) is 32.4 Å². The minimum Gasteiger partial charge on any atom is -0.445 e. The third-order valence-corrected chi connectivity index (χ3v) is 5.19. The van der Waals surface area contributed by atoms with Crippen molar-refractivity contribution in [3.63, 3.8) is 0 Å². The first kappa shape index (κ1) is 18.7. The van der Waals surface area contributed by atoms with Crippen LogP contribution in [0.3, 0.4) is 0 Å². The Morgan fingerprint density at radius 3 is 2.82 bits per heavy atom. The third-order valence-electron chi connectivity index (χ3n) is 4.51. The van der Waals surface area contributed by atoms with Crippen molar-refractivity contribution in [1.29, 1.82) is 0 Å². The van der Waals surface area contributed by atoms with Gasteiger partial charge in [-0.05, 0) is 42.8 Å². The Kier molecular flexibility index (Phi) is 4.94. The second kappa shape index (κ2) is 7.40. The van der Waals surface area contributed by atoms with Gasteiger partial charge in [0.15, 0.2) is 10.8 Å². The largest absolute Gasteiger partial charge is 0.445 e. The van der Waals surface area contributed by atoms with Crippen molar-refractivity contribution in [3.05, 3.63) is 61.8 Å². The van der Waals surface area contributed by atoms with Crippen LogP contribution in [0.5, 0.6) is 5.75 Å². The summed E-state index contributed by atoms with van der Waals surface area (Å²) in [5, 5.41) is 15.9. The average molecular weight is 426 g/mol. The number of ether oxygens (including phenoxy) is 1. The fourth-order valence-corrected chi connectivity index (χ4v) is 3.70. The number of fused-ring (bicyclic) bond motifs is 1. The molecule has 1 aliphatic heterocycles. The van der Waals surface area contributed by atoms with E-state index in [4.69, 9.17) is 27.9 Å². The van der Waals surface area contributed by atoms with Gasteiger partial charge < -0.3 is 4.74 Å². The smallest absolute Gasteiger partial charge is 0.327 e. The zero-order valence-electron chi connectivity index (χ0n) is 14.4. The Hall–Kier alpha value is -2.65. The SMILES string of the molecule is O=[N+]([O-])N1C=CC=NC1Oc1cc(-n2nc3c(c2Cl)CCCC3)c(F)cc1Cl. The molecule has 0 spiro atoms. The number of aliphatic imine (C=N–C) groups is 1. The number of halogens is 3. The van der Waals surface area contributed by atoms with E-state index >= 15 is 0 Å². The van der Waals surface area contributed by atoms with Crippen LogP contribution in [0.4, 0.5) is 4.39 Å². The van der Waals surface area contributed by atoms with E-state index in [1.165, 1.54) is 29.2 Å². The number of allylic oxidation sites excluding steroid dienone is 1. The van der Waals surface area contributed by atoms with Crippen LogP contribution in [0.2, 0.25) is 10.2 Å². The quantitative estimate of drug-likeness (QED) is 0.546. The molecular weight excluding hydrogens is 412 g/mol. The lowest BCUT2D eigenvalue weighted by Gasteiger charge is -2.21. The summed E-state index contributed by atoms with van der Waals surface area (Å²) < 4.78 is 21.5. The molecule has 1 atom stereocenters. The van der Waals surface area contributed by atoms with Crippen LogP contribution in [-0.2, 0) is 12.8 Å². The highest BCUT2D eigenvalue weighted by Crippen LogP contribution is 2.35. The topological polar surface area (TPSA) is 85.8 Å². The van der Waals surface area contributed by atoms with Crippen molar-refractivity contribution in [2.24, 2.45) is 4.99 Å². The van der Waals surface area contributed by atoms with Crippen molar-refractivity contribution >= 4 is 29.4 Å². The number of nitro groups is 1. The Balaban J connectivity index is 1.72. The molecule has 8 nitrogen and oxygen atoms in total. The van der Waals surface area contributed by atoms with E-state index < -0.39 is 17.2 Å². The molecule has 2 aliphatic rings. The Bertz CT molecular complexity index is 1010. The highest BCUT2D eigenvalue weighted by molar-refractivity contribution is 6.32. The van der Waals surface area contributed by atoms with Crippen LogP contribution < -0.4 is 4.74 Å². The normalized spacial score (nSPS) is 18.2. The lowest BCUT2D eigenvalue weighted by molar-refractivity contribution is -0.656. The van der Waals surface area contributed by atoms with Gasteiger partial charge in [0.2, 0.25) is 0 Å². The molecule has 4 rings (SSSR count). The molecule has 0 saturated heterocycles. The second-order valence-electron chi connectivity index (χ2n) is 6.27. The molecule has 0 bridgehead atoms. The second-order valence-corrected chi connectivity index (χ2v) is 7.04. The minimum absolute atomic E-state index is 0.0203. The van der Waals surface area contributed by atoms with Gasteiger partial charge in [-0.3, -0.25) is 0 Å². The van der Waals surface area contributed by atoms with E-state index in [9.17, 15) is 14.5 Å². The van der Waals surface area contributed by atoms with E-state index in [1.807, 2.05) is 0 Å². The van der Waals surface area contributed by atoms with Crippen LogP contribution >= 0.6 is 23.2 Å². The summed E-state index contributed by atoms with van der Waals surface area (Å²) in [6.45, 7) is 0. The first-order chi connectivity index (χ1) is 13.5. The zero-order valence-corrected chi connectivity index (χ0v) is 15.9. The van der Waals surface area contributed by atoms with Crippen LogP contribution in [0, 0.1) is 15.9 Å². The molecule has 28 heavy (non-hydrogen) atoms. The van der Waals surface area contributed by atoms with E-state index in [0.717, 1.165) is 43.0 Å². The molecule has 2 heterocycles. The summed E-state index contributed by atoms with van der Waals surface area (Å²) in [4.78, 5) is 15.1. The number of hydrogen-bond acceptors (Lipinski definition) is 5. The molecule has 11 heteroatoms. The molecule has 0 N–H and O–H groups in total. The maximum atomic E-state index is 14.6. The highest BCUT2D eigenvalue weighted by Gasteiger charge is 2.29. The molecule has 1 aliphatic carbocycles. The molecule has 1 unspecified atom stereocenters. The molecule has 0 amide bonds. The van der Waals surface area contributed by atoms with Crippen molar-refractivity contribution in [2.75, 3.05) is 0 Å². The molecular formula is C17H14Cl2FN5O3. The van der Waals surface area contributed by atoms with Crippen molar-refractivity contribution < 1.29 is 14.2 Å². The fraction of sp³-hybridized carbons (Fsp3) is 0.294. The number of aryl methyl sites for hydroxylation is 1. The number of hydrogen-bond donors (Lipinski definition) is 0. The Morgan fingerprint density at radius 1 is 1.29 bits per heavy atom. The summed E-state index contributed by atoms with van der Waals surface area (Å²) in [5.41, 5.74) is 1.79. The van der Waals surface area contributed by atoms with Crippen LogP contribution in [0.1, 0.15) is 24.1 Å². The summed E-state index contributed by atoms with van der Waals surface area (Å²) in [7, 11) is 0. The molecule has 2 aromatic rings. The number of hydrazine groups is 1. The van der Waals surface area contributed by atoms with Gasteiger partial charge in [0, 0.05) is 17.8 Å². The van der Waals surface area contributed by atoms with Gasteiger partial charge in [-0.25, -0.2) is 24.2 Å². The number of aromatic nitrogens is 2. The van der Waals surface area contributed by atoms with Gasteiger partial charge >= 0.3 is 6.35 Å². The van der Waals surface area contributed by atoms with Gasteiger partial charge in [-0.2, -0.15) is 5.10 Å². The lowest BCUT2D eigenvalue weighted by atomic mass is 9.99. The fourth-order valence-electron chi connectivity index (χ4n) is 3.17. The van der Waals surface area contributed by atoms with E-state index in [1.54, 1.807) is 0 Å². The monoisotopic (exact) mass is 425 g/mol. The first-order valence-electron chi connectivity index (χ1n) is 8.50. The van der Waals surface area contributed by atoms with Crippen molar-refractivity contribution in [3.8, 4) is 11.4 Å². The maximum Gasteiger partial charge on any atom is 0.327 e. The summed E-state index contributed by atoms with van der Waals surface area (Å²) >= 11 is 12.5. The molecule has 1 aromatic carbocycles. The van der Waals surface area contributed by atoms with E-state index in [0.29, 0.717) is 10.2 Å². The van der Waals surface area contributed by atoms with Gasteiger partial charge in [0.25, 0.3) is 0 Å². The number of nitrogens with zero attached hydrogens (tertiary/aromatic N) is 5. The van der Waals surface area contributed by atoms with Crippen LogP contribution in [0.25, 0.3) is 5.69 Å². The highest BCUT2D eigenvalue weighted by atomic mass is 35.5. The summed E-state index contributed by atoms with van der Waals surface area (Å²) in [6.07, 6.45) is 6.25. The standard InChI is InChI=1S/C17H14Cl2FN5O3/c18-11-8-12(20)14(24-16(19)10-4-1-2-5-13(10)22-24)9-15(11)28-17-21-6-3-7-23(17)25(26)27/h3,6-9,17H,1-2,4-5H2. The van der Waals surface area contributed by atoms with Crippen LogP contribution in [0.15, 0.2) is 29.4 Å². The van der Waals surface area contributed by atoms with E-state index in [2.05, 4.69) is 10.1 Å². The molecule has 0 saturated carbocycles. The van der Waals surface area contributed by atoms with E-state index in [-0.39, 0.29) is 16.5 Å². The van der Waals surface area contributed by atoms with Gasteiger partial charge in [-0.15, -0.1) is 0 Å². The van der Waals surface area contributed by atoms with Crippen molar-refractivity contribution in [1.82, 2.24) is 14.8 Å². The zero-order chi connectivity index (χ0) is 19.8. The molecule has 1 aromatic heterocycles. The van der Waals surface area contributed by atoms with Gasteiger partial charge in [-0.1, -0.05) is 23.2 Å². The third kappa shape index (κ3) is 3.31. The maximum absolute atomic E-state index is 14.6. The van der Waals surface area contributed by atoms with Crippen molar-refractivity contribution in [2.45, 2.75) is 32.0 Å². The van der Waals surface area contributed by atoms with Gasteiger partial charge in [0.05, 0.1) is 16.9 Å². The molecule has 0 radical (unpaired) electrons. The summed E-state index contributed by atoms with van der Waals surface area (Å²) in [6, 6.07) is 2.37. The predicted octanol–water partition coefficient (Wildman–Crippen LogP) is 3.95. The predicted molar refractivity (Wildman–Crippen MR) is 101 cm³/mol. The molecule has 0 fully saturated rings. The Morgan fingerprint density at radius 2 is 2.07 bits per heavy atom. The number of rotatable bonds is 4. The lowest BCUT2D eigenvalue weighted by Crippen LogP contribution is -2.39. The Labute approximate surface area is 168 Å². The average Bonchev–Trinajstić information content (AvgIpc) is 3.01. The minimum atomic E-state index is -1.28.